The van der Waals surface area contributed by atoms with Crippen LogP contribution in [0.1, 0.15) is 48.8 Å². The van der Waals surface area contributed by atoms with E-state index in [0.29, 0.717) is 9.78 Å². The molecular weight excluding hydrogens is 344 g/mol. The van der Waals surface area contributed by atoms with Gasteiger partial charge in [-0.05, 0) is 29.9 Å². The number of carbonyl (C=O) groups excluding carboxylic acids is 1. The van der Waals surface area contributed by atoms with Crippen molar-refractivity contribution in [2.24, 2.45) is 0 Å². The topological polar surface area (TPSA) is 32.8 Å². The highest BCUT2D eigenvalue weighted by atomic mass is 32.1. The van der Waals surface area contributed by atoms with E-state index in [1.165, 1.54) is 11.3 Å². The first-order chi connectivity index (χ1) is 17.8. The normalized spacial score (nSPS) is 25.9. The Balaban J connectivity index is 2.10. The van der Waals surface area contributed by atoms with Crippen molar-refractivity contribution in [2.75, 3.05) is 31.6 Å². The molecule has 1 fully saturated rings. The van der Waals surface area contributed by atoms with Gasteiger partial charge in [0.25, 0.3) is 0 Å². The van der Waals surface area contributed by atoms with Gasteiger partial charge in [-0.15, -0.1) is 11.3 Å². The van der Waals surface area contributed by atoms with Crippen molar-refractivity contribution in [3.8, 4) is 0 Å². The fourth-order valence-electron chi connectivity index (χ4n) is 2.99. The summed E-state index contributed by atoms with van der Waals surface area (Å²) >= 11 is 1.25. The van der Waals surface area contributed by atoms with E-state index in [1.807, 2.05) is 0 Å². The van der Waals surface area contributed by atoms with Crippen LogP contribution in [0.25, 0.3) is 0 Å². The van der Waals surface area contributed by atoms with Gasteiger partial charge < -0.3 is 9.64 Å². The van der Waals surface area contributed by atoms with Crippen LogP contribution in [0.2, 0.25) is 0 Å². The number of amides is 1. The number of thiophene rings is 1. The summed E-state index contributed by atoms with van der Waals surface area (Å²) in [6, 6.07) is -0.572. The van der Waals surface area contributed by atoms with Crippen LogP contribution in [0.5, 0.6) is 0 Å². The van der Waals surface area contributed by atoms with Crippen LogP contribution in [-0.2, 0) is 15.9 Å². The molecule has 0 saturated carbocycles. The third-order valence-corrected chi connectivity index (χ3v) is 5.17. The summed E-state index contributed by atoms with van der Waals surface area (Å²) in [6.07, 6.45) is -3.36. The molecule has 1 aromatic carbocycles. The predicted molar refractivity (Wildman–Crippen MR) is 108 cm³/mol. The minimum atomic E-state index is -3.11. The number of methoxy groups -OCH3 is 1. The second-order valence-electron chi connectivity index (χ2n) is 5.86. The van der Waals surface area contributed by atoms with E-state index in [9.17, 15) is 4.79 Å². The van der Waals surface area contributed by atoms with Gasteiger partial charge in [-0.2, -0.15) is 0 Å². The Morgan fingerprint density at radius 2 is 2.23 bits per heavy atom. The first-order valence-corrected chi connectivity index (χ1v) is 9.02. The van der Waals surface area contributed by atoms with Gasteiger partial charge in [0, 0.05) is 63.4 Å². The van der Waals surface area contributed by atoms with Crippen LogP contribution in [0.15, 0.2) is 47.7 Å². The van der Waals surface area contributed by atoms with Crippen molar-refractivity contribution in [3.05, 3.63) is 52.6 Å². The number of piperidine rings is 1. The minimum absolute atomic E-state index is 0.0111. The molecule has 0 radical (unpaired) electrons. The molecule has 1 aromatic heterocycles. The number of hydrogen-bond acceptors (Lipinski definition) is 4. The lowest BCUT2D eigenvalue weighted by Gasteiger charge is -2.47. The van der Waals surface area contributed by atoms with Crippen LogP contribution in [0.3, 0.4) is 0 Å². The highest BCUT2D eigenvalue weighted by molar-refractivity contribution is 7.09. The summed E-state index contributed by atoms with van der Waals surface area (Å²) in [5.41, 5.74) is -2.78. The Bertz CT molecular complexity index is 1160. The largest absolute Gasteiger partial charge is 0.358 e. The monoisotopic (exact) mass is 385 g/mol. The molecule has 2 heterocycles. The Morgan fingerprint density at radius 3 is 2.88 bits per heavy atom. The number of anilines is 1. The number of ether oxygens (including phenoxy) is 1. The zero-order chi connectivity index (χ0) is 29.6. The second-order valence-corrected chi connectivity index (χ2v) is 6.81. The lowest BCUT2D eigenvalue weighted by Crippen LogP contribution is -2.59. The molecule has 0 atom stereocenters. The first kappa shape index (κ1) is 8.55. The molecule has 2 aromatic rings. The zero-order valence-corrected chi connectivity index (χ0v) is 14.9. The van der Waals surface area contributed by atoms with Crippen molar-refractivity contribution >= 4 is 22.9 Å². The third kappa shape index (κ3) is 4.17. The number of carbonyl (C=O) groups is 1. The van der Waals surface area contributed by atoms with Gasteiger partial charge in [-0.25, -0.2) is 0 Å². The molecule has 0 aliphatic carbocycles. The smallest absolute Gasteiger partial charge is 0.229 e. The predicted octanol–water partition coefficient (Wildman–Crippen LogP) is 4.17. The van der Waals surface area contributed by atoms with E-state index in [4.69, 9.17) is 22.6 Å². The summed E-state index contributed by atoms with van der Waals surface area (Å²) in [6.45, 7) is -2.86. The molecule has 3 rings (SSSR count). The Labute approximate surface area is 178 Å². The number of likely N-dealkylation sites (tertiary alicyclic amines) is 1. The van der Waals surface area contributed by atoms with E-state index < -0.39 is 74.2 Å². The fraction of sp³-hybridized carbons (Fsp3) is 0.476. The number of nitrogens with zero attached hydrogens (tertiary/aromatic N) is 2. The molecule has 140 valence electrons. The van der Waals surface area contributed by atoms with E-state index in [-0.39, 0.29) is 32.5 Å². The van der Waals surface area contributed by atoms with Gasteiger partial charge in [0.05, 0.1) is 11.0 Å². The number of hydrogen-bond donors (Lipinski definition) is 0. The summed E-state index contributed by atoms with van der Waals surface area (Å²) in [4.78, 5) is 16.3. The average Bonchev–Trinajstić information content (AvgIpc) is 3.34. The molecular formula is C21H28N2O2S. The lowest BCUT2D eigenvalue weighted by atomic mass is 9.96. The SMILES string of the molecule is [2H]c1c([2H])c([2H])c(N(C(=O)CC([2H])([2H])[2H])C2(OC([2H])([2H])[2H])CCN(CC([2H])([2H])c3cccs3)CC2)c([2H])c1[2H]. The molecule has 0 spiro atoms. The Morgan fingerprint density at radius 1 is 1.42 bits per heavy atom. The highest BCUT2D eigenvalue weighted by Gasteiger charge is 2.42. The first-order valence-electron chi connectivity index (χ1n) is 14.6. The van der Waals surface area contributed by atoms with Crippen molar-refractivity contribution in [1.29, 1.82) is 0 Å². The van der Waals surface area contributed by atoms with E-state index in [0.717, 1.165) is 0 Å². The maximum atomic E-state index is 13.5. The molecule has 4 nitrogen and oxygen atoms in total. The molecule has 0 unspecified atom stereocenters. The van der Waals surface area contributed by atoms with Gasteiger partial charge in [0.1, 0.15) is 5.72 Å². The lowest BCUT2D eigenvalue weighted by molar-refractivity contribution is -0.128. The van der Waals surface area contributed by atoms with Crippen molar-refractivity contribution < 1.29 is 27.4 Å². The van der Waals surface area contributed by atoms with Gasteiger partial charge in [-0.1, -0.05) is 31.0 Å². The van der Waals surface area contributed by atoms with E-state index in [2.05, 4.69) is 0 Å². The van der Waals surface area contributed by atoms with Crippen molar-refractivity contribution in [1.82, 2.24) is 4.90 Å². The van der Waals surface area contributed by atoms with E-state index in [1.54, 1.807) is 22.4 Å². The van der Waals surface area contributed by atoms with Crippen LogP contribution in [0, 0.1) is 0 Å². The maximum Gasteiger partial charge on any atom is 0.229 e. The third-order valence-electron chi connectivity index (χ3n) is 4.34. The summed E-state index contributed by atoms with van der Waals surface area (Å²) < 4.78 is 109. The van der Waals surface area contributed by atoms with Gasteiger partial charge in [0.2, 0.25) is 5.91 Å². The summed E-state index contributed by atoms with van der Waals surface area (Å²) in [5.74, 6) is -1.19. The number of benzene rings is 1. The fourth-order valence-corrected chi connectivity index (χ4v) is 3.60. The number of para-hydroxylation sites is 1. The van der Waals surface area contributed by atoms with Crippen molar-refractivity contribution in [3.63, 3.8) is 0 Å². The average molecular weight is 386 g/mol. The van der Waals surface area contributed by atoms with Gasteiger partial charge >= 0.3 is 0 Å². The molecule has 1 amide bonds. The zero-order valence-electron chi connectivity index (χ0n) is 27.1. The summed E-state index contributed by atoms with van der Waals surface area (Å²) in [7, 11) is -3.11. The maximum absolute atomic E-state index is 13.5. The molecule has 26 heavy (non-hydrogen) atoms. The molecule has 1 aliphatic rings. The van der Waals surface area contributed by atoms with Crippen LogP contribution < -0.4 is 4.90 Å². The van der Waals surface area contributed by atoms with E-state index >= 15 is 0 Å². The minimum Gasteiger partial charge on any atom is -0.358 e. The summed E-state index contributed by atoms with van der Waals surface area (Å²) in [5, 5.41) is 1.74. The molecule has 5 heteroatoms. The molecule has 0 bridgehead atoms. The standard InChI is InChI=1S/C21H28N2O2S/c1-3-20(24)23(18-8-5-4-6-9-18)21(25-2)12-15-22(16-13-21)14-11-19-10-7-17-26-19/h4-10,17H,3,11-16H2,1-2H3/i1D3,2D3,4D,5D,6D,8D,9D,11D2. The van der Waals surface area contributed by atoms with Crippen molar-refractivity contribution in [2.45, 2.75) is 38.2 Å². The van der Waals surface area contributed by atoms with Crippen LogP contribution >= 0.6 is 11.3 Å². The Hall–Kier alpha value is -1.69. The number of rotatable bonds is 7. The second kappa shape index (κ2) is 8.80. The molecule has 0 N–H and O–H groups in total. The van der Waals surface area contributed by atoms with Crippen LogP contribution in [0.4, 0.5) is 5.69 Å². The van der Waals surface area contributed by atoms with Crippen LogP contribution in [-0.4, -0.2) is 43.2 Å². The molecule has 1 saturated heterocycles. The Kier molecular flexibility index (Phi) is 2.89. The van der Waals surface area contributed by atoms with Gasteiger partial charge in [-0.3, -0.25) is 9.69 Å². The quantitative estimate of drug-likeness (QED) is 0.671. The molecule has 1 aliphatic heterocycles. The van der Waals surface area contributed by atoms with Gasteiger partial charge in [0.15, 0.2) is 0 Å². The highest BCUT2D eigenvalue weighted by Crippen LogP contribution is 2.34.